The number of carbonyl (C=O) groups excluding carboxylic acids is 2. The Morgan fingerprint density at radius 1 is 1.29 bits per heavy atom. The summed E-state index contributed by atoms with van der Waals surface area (Å²) < 4.78 is 4.97. The van der Waals surface area contributed by atoms with Crippen molar-refractivity contribution in [1.29, 1.82) is 0 Å². The van der Waals surface area contributed by atoms with Gasteiger partial charge in [-0.05, 0) is 31.5 Å². The smallest absolute Gasteiger partial charge is 0.275 e. The van der Waals surface area contributed by atoms with Crippen molar-refractivity contribution >= 4 is 23.4 Å². The summed E-state index contributed by atoms with van der Waals surface area (Å²) in [6.45, 7) is 3.50. The Balaban J connectivity index is 2.04. The average molecular weight is 308 g/mol. The predicted molar refractivity (Wildman–Crippen MR) is 77.0 cm³/mol. The van der Waals surface area contributed by atoms with Gasteiger partial charge in [0.25, 0.3) is 11.8 Å². The minimum Gasteiger partial charge on any atom is -0.361 e. The van der Waals surface area contributed by atoms with E-state index in [-0.39, 0.29) is 0 Å². The summed E-state index contributed by atoms with van der Waals surface area (Å²) in [6.07, 6.45) is 0.558. The highest BCUT2D eigenvalue weighted by atomic mass is 35.5. The number of nitrogens with one attached hydrogen (secondary N) is 2. The molecular weight excluding hydrogens is 294 g/mol. The van der Waals surface area contributed by atoms with Gasteiger partial charge >= 0.3 is 0 Å². The number of benzene rings is 1. The monoisotopic (exact) mass is 307 g/mol. The van der Waals surface area contributed by atoms with Crippen LogP contribution < -0.4 is 10.9 Å². The van der Waals surface area contributed by atoms with Crippen molar-refractivity contribution in [2.75, 3.05) is 0 Å². The zero-order chi connectivity index (χ0) is 15.4. The molecule has 1 heterocycles. The van der Waals surface area contributed by atoms with E-state index in [9.17, 15) is 9.59 Å². The molecule has 2 amide bonds. The first-order valence-electron chi connectivity index (χ1n) is 6.34. The molecule has 21 heavy (non-hydrogen) atoms. The number of hydrazine groups is 1. The number of halogens is 1. The number of hydrogen-bond donors (Lipinski definition) is 2. The molecule has 0 bridgehead atoms. The van der Waals surface area contributed by atoms with Crippen molar-refractivity contribution in [3.05, 3.63) is 51.9 Å². The molecule has 0 fully saturated rings. The summed E-state index contributed by atoms with van der Waals surface area (Å²) in [4.78, 5) is 23.9. The van der Waals surface area contributed by atoms with Crippen molar-refractivity contribution in [3.63, 3.8) is 0 Å². The number of amides is 2. The number of hydrogen-bond acceptors (Lipinski definition) is 4. The summed E-state index contributed by atoms with van der Waals surface area (Å²) in [5.41, 5.74) is 5.89. The maximum atomic E-state index is 12.1. The standard InChI is InChI=1S/C14H14ClN3O3/c1-3-11-12(8(2)21-18-11)14(20)17-16-13(19)9-5-4-6-10(15)7-9/h4-7H,3H2,1-2H3,(H,16,19)(H,17,20). The van der Waals surface area contributed by atoms with E-state index >= 15 is 0 Å². The minimum absolute atomic E-state index is 0.337. The lowest BCUT2D eigenvalue weighted by molar-refractivity contribution is 0.0845. The van der Waals surface area contributed by atoms with Gasteiger partial charge in [0.1, 0.15) is 11.3 Å². The molecule has 0 atom stereocenters. The zero-order valence-electron chi connectivity index (χ0n) is 11.6. The lowest BCUT2D eigenvalue weighted by Gasteiger charge is -2.07. The Hall–Kier alpha value is -2.34. The highest BCUT2D eigenvalue weighted by molar-refractivity contribution is 6.30. The second-order valence-electron chi connectivity index (χ2n) is 4.33. The van der Waals surface area contributed by atoms with Crippen LogP contribution in [0.3, 0.4) is 0 Å². The fourth-order valence-corrected chi connectivity index (χ4v) is 2.02. The van der Waals surface area contributed by atoms with Crippen LogP contribution in [0.15, 0.2) is 28.8 Å². The molecule has 0 radical (unpaired) electrons. The fourth-order valence-electron chi connectivity index (χ4n) is 1.83. The molecule has 1 aromatic heterocycles. The average Bonchev–Trinajstić information content (AvgIpc) is 2.85. The van der Waals surface area contributed by atoms with E-state index in [1.165, 1.54) is 6.07 Å². The molecule has 0 saturated carbocycles. The van der Waals surface area contributed by atoms with E-state index in [0.29, 0.717) is 34.0 Å². The fraction of sp³-hybridized carbons (Fsp3) is 0.214. The second kappa shape index (κ2) is 6.41. The van der Waals surface area contributed by atoms with E-state index in [2.05, 4.69) is 16.0 Å². The molecule has 110 valence electrons. The van der Waals surface area contributed by atoms with E-state index in [4.69, 9.17) is 16.1 Å². The minimum atomic E-state index is -0.471. The Morgan fingerprint density at radius 3 is 2.67 bits per heavy atom. The van der Waals surface area contributed by atoms with Crippen LogP contribution in [0.1, 0.15) is 39.1 Å². The van der Waals surface area contributed by atoms with Crippen molar-refractivity contribution < 1.29 is 14.1 Å². The zero-order valence-corrected chi connectivity index (χ0v) is 12.3. The van der Waals surface area contributed by atoms with Crippen LogP contribution in [0.5, 0.6) is 0 Å². The molecule has 0 aliphatic heterocycles. The van der Waals surface area contributed by atoms with Crippen molar-refractivity contribution in [3.8, 4) is 0 Å². The summed E-state index contributed by atoms with van der Waals surface area (Å²) in [6, 6.07) is 6.41. The molecule has 0 saturated heterocycles. The highest BCUT2D eigenvalue weighted by Crippen LogP contribution is 2.13. The summed E-state index contributed by atoms with van der Waals surface area (Å²) in [7, 11) is 0. The number of aryl methyl sites for hydroxylation is 2. The van der Waals surface area contributed by atoms with Crippen LogP contribution in [0.2, 0.25) is 5.02 Å². The van der Waals surface area contributed by atoms with Gasteiger partial charge in [-0.15, -0.1) is 0 Å². The Kier molecular flexibility index (Phi) is 4.59. The lowest BCUT2D eigenvalue weighted by Crippen LogP contribution is -2.42. The van der Waals surface area contributed by atoms with E-state index in [1.54, 1.807) is 25.1 Å². The summed E-state index contributed by atoms with van der Waals surface area (Å²) >= 11 is 5.81. The van der Waals surface area contributed by atoms with Gasteiger partial charge in [-0.1, -0.05) is 29.7 Å². The second-order valence-corrected chi connectivity index (χ2v) is 4.77. The van der Waals surface area contributed by atoms with Gasteiger partial charge in [0.2, 0.25) is 0 Å². The van der Waals surface area contributed by atoms with Gasteiger partial charge in [0.05, 0.1) is 5.69 Å². The maximum Gasteiger partial charge on any atom is 0.275 e. The first kappa shape index (κ1) is 15.1. The van der Waals surface area contributed by atoms with Crippen LogP contribution in [0.4, 0.5) is 0 Å². The van der Waals surface area contributed by atoms with Crippen LogP contribution >= 0.6 is 11.6 Å². The Labute approximate surface area is 126 Å². The number of carbonyl (C=O) groups is 2. The normalized spacial score (nSPS) is 10.2. The van der Waals surface area contributed by atoms with Crippen LogP contribution in [-0.4, -0.2) is 17.0 Å². The molecule has 0 spiro atoms. The molecule has 0 aliphatic rings. The van der Waals surface area contributed by atoms with Gasteiger partial charge in [-0.2, -0.15) is 0 Å². The van der Waals surface area contributed by atoms with Gasteiger partial charge in [-0.3, -0.25) is 20.4 Å². The molecule has 1 aromatic carbocycles. The first-order valence-corrected chi connectivity index (χ1v) is 6.72. The SMILES string of the molecule is CCc1noc(C)c1C(=O)NNC(=O)c1cccc(Cl)c1. The Morgan fingerprint density at radius 2 is 2.00 bits per heavy atom. The quantitative estimate of drug-likeness (QED) is 0.852. The third-order valence-corrected chi connectivity index (χ3v) is 3.11. The van der Waals surface area contributed by atoms with Gasteiger partial charge in [0, 0.05) is 10.6 Å². The third-order valence-electron chi connectivity index (χ3n) is 2.87. The van der Waals surface area contributed by atoms with Crippen LogP contribution in [0, 0.1) is 6.92 Å². The van der Waals surface area contributed by atoms with E-state index in [0.717, 1.165) is 0 Å². The van der Waals surface area contributed by atoms with Crippen LogP contribution in [0.25, 0.3) is 0 Å². The number of rotatable bonds is 3. The first-order chi connectivity index (χ1) is 10.0. The van der Waals surface area contributed by atoms with Crippen molar-refractivity contribution in [2.45, 2.75) is 20.3 Å². The Bertz CT molecular complexity index is 682. The molecule has 0 unspecified atom stereocenters. The number of nitrogens with zero attached hydrogens (tertiary/aromatic N) is 1. The summed E-state index contributed by atoms with van der Waals surface area (Å²) in [5.74, 6) is -0.527. The molecule has 6 nitrogen and oxygen atoms in total. The van der Waals surface area contributed by atoms with E-state index in [1.807, 2.05) is 6.92 Å². The predicted octanol–water partition coefficient (Wildman–Crippen LogP) is 2.27. The van der Waals surface area contributed by atoms with Gasteiger partial charge in [0.15, 0.2) is 0 Å². The topological polar surface area (TPSA) is 84.2 Å². The maximum absolute atomic E-state index is 12.1. The van der Waals surface area contributed by atoms with Gasteiger partial charge in [-0.25, -0.2) is 0 Å². The van der Waals surface area contributed by atoms with Gasteiger partial charge < -0.3 is 4.52 Å². The molecule has 2 aromatic rings. The number of aromatic nitrogens is 1. The lowest BCUT2D eigenvalue weighted by atomic mass is 10.1. The molecule has 2 rings (SSSR count). The highest BCUT2D eigenvalue weighted by Gasteiger charge is 2.19. The van der Waals surface area contributed by atoms with Crippen LogP contribution in [-0.2, 0) is 6.42 Å². The third kappa shape index (κ3) is 3.41. The molecule has 2 N–H and O–H groups in total. The van der Waals surface area contributed by atoms with Crippen molar-refractivity contribution in [2.24, 2.45) is 0 Å². The molecular formula is C14H14ClN3O3. The summed E-state index contributed by atoms with van der Waals surface area (Å²) in [5, 5.41) is 4.23. The molecule has 7 heteroatoms. The largest absolute Gasteiger partial charge is 0.361 e. The molecule has 0 aliphatic carbocycles. The van der Waals surface area contributed by atoms with Crippen molar-refractivity contribution in [1.82, 2.24) is 16.0 Å². The van der Waals surface area contributed by atoms with E-state index < -0.39 is 11.8 Å².